The maximum absolute atomic E-state index is 14.2. The quantitative estimate of drug-likeness (QED) is 0.850. The molecule has 0 aliphatic carbocycles. The lowest BCUT2D eigenvalue weighted by molar-refractivity contribution is 0.0971. The van der Waals surface area contributed by atoms with Gasteiger partial charge in [0.2, 0.25) is 0 Å². The third-order valence-corrected chi connectivity index (χ3v) is 3.28. The van der Waals surface area contributed by atoms with Crippen LogP contribution in [0.3, 0.4) is 0 Å². The molecule has 0 unspecified atom stereocenters. The summed E-state index contributed by atoms with van der Waals surface area (Å²) >= 11 is 0. The minimum absolute atomic E-state index is 0.0361. The molecular weight excluding hydrogens is 275 g/mol. The van der Waals surface area contributed by atoms with Crippen LogP contribution in [0.4, 0.5) is 10.1 Å². The van der Waals surface area contributed by atoms with Crippen LogP contribution >= 0.6 is 0 Å². The van der Waals surface area contributed by atoms with Crippen LogP contribution in [0.5, 0.6) is 11.5 Å². The van der Waals surface area contributed by atoms with E-state index in [1.54, 1.807) is 18.3 Å². The number of carbonyl (C=O) groups excluding carboxylic acids is 1. The van der Waals surface area contributed by atoms with Gasteiger partial charge in [0.05, 0.1) is 25.4 Å². The zero-order chi connectivity index (χ0) is 14.8. The molecule has 0 atom stereocenters. The molecule has 5 nitrogen and oxygen atoms in total. The van der Waals surface area contributed by atoms with Crippen molar-refractivity contribution in [3.63, 3.8) is 0 Å². The highest BCUT2D eigenvalue weighted by Gasteiger charge is 2.27. The van der Waals surface area contributed by atoms with Crippen molar-refractivity contribution in [3.8, 4) is 11.5 Å². The summed E-state index contributed by atoms with van der Waals surface area (Å²) in [6.45, 7) is 0.697. The summed E-state index contributed by atoms with van der Waals surface area (Å²) in [6, 6.07) is 6.17. The maximum Gasteiger partial charge on any atom is 0.261 e. The number of hydrogen-bond acceptors (Lipinski definition) is 4. The van der Waals surface area contributed by atoms with Gasteiger partial charge in [0.1, 0.15) is 18.0 Å². The SMILES string of the molecule is COc1cccc(C(=O)N2CCOc3ccncc32)c1F. The number of benzene rings is 1. The van der Waals surface area contributed by atoms with Gasteiger partial charge in [0.25, 0.3) is 5.91 Å². The van der Waals surface area contributed by atoms with Crippen molar-refractivity contribution in [1.82, 2.24) is 4.98 Å². The number of aromatic nitrogens is 1. The van der Waals surface area contributed by atoms with Crippen molar-refractivity contribution < 1.29 is 18.7 Å². The van der Waals surface area contributed by atoms with Crippen molar-refractivity contribution >= 4 is 11.6 Å². The Labute approximate surface area is 120 Å². The second-order valence-corrected chi connectivity index (χ2v) is 4.47. The molecule has 0 spiro atoms. The molecule has 1 aromatic carbocycles. The Morgan fingerprint density at radius 3 is 3.10 bits per heavy atom. The molecule has 2 heterocycles. The summed E-state index contributed by atoms with van der Waals surface area (Å²) in [7, 11) is 1.36. The smallest absolute Gasteiger partial charge is 0.261 e. The summed E-state index contributed by atoms with van der Waals surface area (Å²) in [5.41, 5.74) is 0.502. The first kappa shape index (κ1) is 13.4. The van der Waals surface area contributed by atoms with E-state index in [0.717, 1.165) is 0 Å². The van der Waals surface area contributed by atoms with Crippen LogP contribution in [0.15, 0.2) is 36.7 Å². The predicted molar refractivity (Wildman–Crippen MR) is 74.4 cm³/mol. The van der Waals surface area contributed by atoms with Crippen LogP contribution in [0, 0.1) is 5.82 Å². The van der Waals surface area contributed by atoms with E-state index >= 15 is 0 Å². The molecule has 0 fully saturated rings. The Morgan fingerprint density at radius 1 is 1.43 bits per heavy atom. The molecule has 1 aromatic heterocycles. The molecule has 1 amide bonds. The lowest BCUT2D eigenvalue weighted by Crippen LogP contribution is -2.38. The van der Waals surface area contributed by atoms with Crippen LogP contribution in [0.1, 0.15) is 10.4 Å². The first-order valence-corrected chi connectivity index (χ1v) is 6.43. The van der Waals surface area contributed by atoms with Crippen LogP contribution in [0.25, 0.3) is 0 Å². The van der Waals surface area contributed by atoms with E-state index in [0.29, 0.717) is 24.6 Å². The van der Waals surface area contributed by atoms with Gasteiger partial charge in [-0.1, -0.05) is 6.07 Å². The number of hydrogen-bond donors (Lipinski definition) is 0. The monoisotopic (exact) mass is 288 g/mol. The molecule has 108 valence electrons. The van der Waals surface area contributed by atoms with Crippen LogP contribution in [-0.2, 0) is 0 Å². The summed E-state index contributed by atoms with van der Waals surface area (Å²) in [4.78, 5) is 18.0. The van der Waals surface area contributed by atoms with Crippen LogP contribution < -0.4 is 14.4 Å². The number of rotatable bonds is 2. The van der Waals surface area contributed by atoms with Crippen molar-refractivity contribution in [2.24, 2.45) is 0 Å². The number of pyridine rings is 1. The van der Waals surface area contributed by atoms with Gasteiger partial charge in [-0.15, -0.1) is 0 Å². The van der Waals surface area contributed by atoms with E-state index in [4.69, 9.17) is 9.47 Å². The lowest BCUT2D eigenvalue weighted by Gasteiger charge is -2.29. The summed E-state index contributed by atoms with van der Waals surface area (Å²) in [5.74, 6) is -0.501. The van der Waals surface area contributed by atoms with Gasteiger partial charge in [-0.3, -0.25) is 9.78 Å². The third-order valence-electron chi connectivity index (χ3n) is 3.28. The second-order valence-electron chi connectivity index (χ2n) is 4.47. The fourth-order valence-corrected chi connectivity index (χ4v) is 2.26. The molecule has 0 N–H and O–H groups in total. The molecule has 6 heteroatoms. The fraction of sp³-hybridized carbons (Fsp3) is 0.200. The van der Waals surface area contributed by atoms with Crippen molar-refractivity contribution in [1.29, 1.82) is 0 Å². The Bertz CT molecular complexity index is 690. The number of ether oxygens (including phenoxy) is 2. The summed E-state index contributed by atoms with van der Waals surface area (Å²) < 4.78 is 24.6. The fourth-order valence-electron chi connectivity index (χ4n) is 2.26. The molecule has 3 rings (SSSR count). The minimum Gasteiger partial charge on any atom is -0.494 e. The molecule has 0 saturated carbocycles. The number of fused-ring (bicyclic) bond motifs is 1. The highest BCUT2D eigenvalue weighted by molar-refractivity contribution is 6.07. The normalized spacial score (nSPS) is 13.3. The minimum atomic E-state index is -0.665. The molecule has 1 aliphatic heterocycles. The largest absolute Gasteiger partial charge is 0.494 e. The number of carbonyl (C=O) groups is 1. The van der Waals surface area contributed by atoms with Crippen molar-refractivity contribution in [2.75, 3.05) is 25.2 Å². The molecule has 0 bridgehead atoms. The average molecular weight is 288 g/mol. The van der Waals surface area contributed by atoms with Crippen molar-refractivity contribution in [2.45, 2.75) is 0 Å². The molecular formula is C15H13FN2O3. The highest BCUT2D eigenvalue weighted by atomic mass is 19.1. The predicted octanol–water partition coefficient (Wildman–Crippen LogP) is 2.27. The molecule has 0 saturated heterocycles. The van der Waals surface area contributed by atoms with E-state index in [9.17, 15) is 9.18 Å². The molecule has 1 aliphatic rings. The average Bonchev–Trinajstić information content (AvgIpc) is 2.54. The second kappa shape index (κ2) is 5.40. The number of halogens is 1. The van der Waals surface area contributed by atoms with E-state index in [1.165, 1.54) is 30.3 Å². The maximum atomic E-state index is 14.2. The van der Waals surface area contributed by atoms with Crippen LogP contribution in [-0.4, -0.2) is 31.2 Å². The molecule has 0 radical (unpaired) electrons. The van der Waals surface area contributed by atoms with E-state index < -0.39 is 11.7 Å². The highest BCUT2D eigenvalue weighted by Crippen LogP contribution is 2.32. The molecule has 21 heavy (non-hydrogen) atoms. The third kappa shape index (κ3) is 2.29. The van der Waals surface area contributed by atoms with E-state index in [1.807, 2.05) is 0 Å². The number of methoxy groups -OCH3 is 1. The number of anilines is 1. The topological polar surface area (TPSA) is 51.7 Å². The Hall–Kier alpha value is -2.63. The van der Waals surface area contributed by atoms with Crippen molar-refractivity contribution in [3.05, 3.63) is 48.0 Å². The van der Waals surface area contributed by atoms with E-state index in [-0.39, 0.29) is 11.3 Å². The Morgan fingerprint density at radius 2 is 2.29 bits per heavy atom. The van der Waals surface area contributed by atoms with Crippen LogP contribution in [0.2, 0.25) is 0 Å². The first-order chi connectivity index (χ1) is 10.2. The van der Waals surface area contributed by atoms with Gasteiger partial charge in [0.15, 0.2) is 11.6 Å². The summed E-state index contributed by atoms with van der Waals surface area (Å²) in [6.07, 6.45) is 3.11. The standard InChI is InChI=1S/C15H13FN2O3/c1-20-13-4-2-3-10(14(13)16)15(19)18-7-8-21-12-5-6-17-9-11(12)18/h2-6,9H,7-8H2,1H3. The van der Waals surface area contributed by atoms with Gasteiger partial charge in [0, 0.05) is 12.3 Å². The zero-order valence-electron chi connectivity index (χ0n) is 11.4. The van der Waals surface area contributed by atoms with Gasteiger partial charge < -0.3 is 14.4 Å². The van der Waals surface area contributed by atoms with Gasteiger partial charge in [-0.2, -0.15) is 0 Å². The van der Waals surface area contributed by atoms with E-state index in [2.05, 4.69) is 4.98 Å². The van der Waals surface area contributed by atoms with Gasteiger partial charge in [-0.25, -0.2) is 4.39 Å². The van der Waals surface area contributed by atoms with Gasteiger partial charge >= 0.3 is 0 Å². The Kier molecular flexibility index (Phi) is 3.43. The Balaban J connectivity index is 2.01. The number of amides is 1. The molecule has 2 aromatic rings. The zero-order valence-corrected chi connectivity index (χ0v) is 11.4. The lowest BCUT2D eigenvalue weighted by atomic mass is 10.1. The number of nitrogens with zero attached hydrogens (tertiary/aromatic N) is 2. The summed E-state index contributed by atoms with van der Waals surface area (Å²) in [5, 5.41) is 0. The first-order valence-electron chi connectivity index (χ1n) is 6.43. The van der Waals surface area contributed by atoms with Gasteiger partial charge in [-0.05, 0) is 12.1 Å².